The van der Waals surface area contributed by atoms with Crippen LogP contribution in [0.15, 0.2) is 24.5 Å². The first kappa shape index (κ1) is 16.0. The summed E-state index contributed by atoms with van der Waals surface area (Å²) < 4.78 is 0. The van der Waals surface area contributed by atoms with Gasteiger partial charge in [-0.25, -0.2) is 0 Å². The van der Waals surface area contributed by atoms with Gasteiger partial charge in [-0.05, 0) is 36.3 Å². The molecule has 0 radical (unpaired) electrons. The molecule has 2 atom stereocenters. The van der Waals surface area contributed by atoms with E-state index in [1.807, 2.05) is 17.2 Å². The number of aromatic nitrogens is 1. The molecule has 4 nitrogen and oxygen atoms in total. The fourth-order valence-corrected chi connectivity index (χ4v) is 3.19. The summed E-state index contributed by atoms with van der Waals surface area (Å²) >= 11 is 0. The Kier molecular flexibility index (Phi) is 4.99. The molecule has 2 N–H and O–H groups in total. The van der Waals surface area contributed by atoms with Crippen LogP contribution in [0.3, 0.4) is 0 Å². The van der Waals surface area contributed by atoms with Crippen LogP contribution in [0.25, 0.3) is 0 Å². The van der Waals surface area contributed by atoms with Crippen molar-refractivity contribution in [3.05, 3.63) is 30.1 Å². The minimum atomic E-state index is -0.0624. The van der Waals surface area contributed by atoms with Crippen LogP contribution in [0, 0.1) is 5.41 Å². The van der Waals surface area contributed by atoms with E-state index in [4.69, 9.17) is 5.73 Å². The Hall–Kier alpha value is -1.42. The van der Waals surface area contributed by atoms with Crippen LogP contribution in [0.1, 0.15) is 58.1 Å². The van der Waals surface area contributed by atoms with Crippen molar-refractivity contribution in [3.8, 4) is 0 Å². The molecule has 1 aromatic heterocycles. The van der Waals surface area contributed by atoms with E-state index in [1.165, 1.54) is 0 Å². The third-order valence-electron chi connectivity index (χ3n) is 3.95. The summed E-state index contributed by atoms with van der Waals surface area (Å²) in [4.78, 5) is 18.7. The van der Waals surface area contributed by atoms with E-state index in [2.05, 4.69) is 31.8 Å². The van der Waals surface area contributed by atoms with E-state index in [-0.39, 0.29) is 23.4 Å². The van der Waals surface area contributed by atoms with Crippen LogP contribution >= 0.6 is 0 Å². The predicted molar refractivity (Wildman–Crippen MR) is 84.6 cm³/mol. The first-order chi connectivity index (χ1) is 9.87. The number of pyridine rings is 1. The Labute approximate surface area is 127 Å². The molecule has 1 aliphatic heterocycles. The molecule has 2 unspecified atom stereocenters. The summed E-state index contributed by atoms with van der Waals surface area (Å²) in [5.41, 5.74) is 7.44. The second-order valence-electron chi connectivity index (χ2n) is 7.26. The minimum absolute atomic E-state index is 0.0624. The van der Waals surface area contributed by atoms with Gasteiger partial charge in [0, 0.05) is 31.4 Å². The van der Waals surface area contributed by atoms with Crippen molar-refractivity contribution in [3.63, 3.8) is 0 Å². The van der Waals surface area contributed by atoms with Gasteiger partial charge in [-0.3, -0.25) is 9.78 Å². The average Bonchev–Trinajstić information content (AvgIpc) is 2.86. The SMILES string of the molecule is CC(C)(C)CC(N)CC(=O)N1CCCC1c1cccnc1. The first-order valence-corrected chi connectivity index (χ1v) is 7.82. The highest BCUT2D eigenvalue weighted by atomic mass is 16.2. The third kappa shape index (κ3) is 4.53. The molecule has 0 aromatic carbocycles. The van der Waals surface area contributed by atoms with Gasteiger partial charge in [-0.2, -0.15) is 0 Å². The molecule has 4 heteroatoms. The molecule has 0 saturated carbocycles. The lowest BCUT2D eigenvalue weighted by atomic mass is 9.87. The zero-order valence-corrected chi connectivity index (χ0v) is 13.4. The molecule has 1 aromatic rings. The molecule has 2 heterocycles. The van der Waals surface area contributed by atoms with Gasteiger partial charge in [-0.1, -0.05) is 26.8 Å². The van der Waals surface area contributed by atoms with Gasteiger partial charge in [0.05, 0.1) is 6.04 Å². The van der Waals surface area contributed by atoms with Gasteiger partial charge >= 0.3 is 0 Å². The maximum absolute atomic E-state index is 12.6. The number of carbonyl (C=O) groups excluding carboxylic acids is 1. The van der Waals surface area contributed by atoms with Gasteiger partial charge in [0.25, 0.3) is 0 Å². The molecule has 1 aliphatic rings. The molecular formula is C17H27N3O. The highest BCUT2D eigenvalue weighted by Gasteiger charge is 2.31. The van der Waals surface area contributed by atoms with Crippen LogP contribution in [0.4, 0.5) is 0 Å². The lowest BCUT2D eigenvalue weighted by Gasteiger charge is -2.28. The molecule has 1 fully saturated rings. The highest BCUT2D eigenvalue weighted by Crippen LogP contribution is 2.32. The summed E-state index contributed by atoms with van der Waals surface area (Å²) in [5.74, 6) is 0.179. The predicted octanol–water partition coefficient (Wildman–Crippen LogP) is 2.90. The quantitative estimate of drug-likeness (QED) is 0.927. The van der Waals surface area contributed by atoms with Crippen molar-refractivity contribution in [2.45, 2.75) is 58.5 Å². The fourth-order valence-electron chi connectivity index (χ4n) is 3.19. The van der Waals surface area contributed by atoms with Gasteiger partial charge in [-0.15, -0.1) is 0 Å². The van der Waals surface area contributed by atoms with E-state index < -0.39 is 0 Å². The number of amides is 1. The summed E-state index contributed by atoms with van der Waals surface area (Å²) in [5, 5.41) is 0. The van der Waals surface area contributed by atoms with E-state index in [0.29, 0.717) is 6.42 Å². The standard InChI is InChI=1S/C17H27N3O/c1-17(2,3)11-14(18)10-16(21)20-9-5-7-15(20)13-6-4-8-19-12-13/h4,6,8,12,14-15H,5,7,9-11,18H2,1-3H3. The second kappa shape index (κ2) is 6.56. The smallest absolute Gasteiger partial charge is 0.224 e. The van der Waals surface area contributed by atoms with Crippen molar-refractivity contribution in [2.75, 3.05) is 6.54 Å². The number of hydrogen-bond acceptors (Lipinski definition) is 3. The number of nitrogens with two attached hydrogens (primary N) is 1. The molecule has 1 saturated heterocycles. The number of hydrogen-bond donors (Lipinski definition) is 1. The molecule has 21 heavy (non-hydrogen) atoms. The zero-order chi connectivity index (χ0) is 15.5. The lowest BCUT2D eigenvalue weighted by Crippen LogP contribution is -2.37. The van der Waals surface area contributed by atoms with Gasteiger partial charge in [0.15, 0.2) is 0 Å². The molecule has 1 amide bonds. The fraction of sp³-hybridized carbons (Fsp3) is 0.647. The molecule has 2 rings (SSSR count). The Morgan fingerprint density at radius 1 is 1.52 bits per heavy atom. The summed E-state index contributed by atoms with van der Waals surface area (Å²) in [6.07, 6.45) is 7.01. The minimum Gasteiger partial charge on any atom is -0.336 e. The normalized spacial score (nSPS) is 20.6. The monoisotopic (exact) mass is 289 g/mol. The maximum atomic E-state index is 12.6. The van der Waals surface area contributed by atoms with Crippen molar-refractivity contribution in [1.29, 1.82) is 0 Å². The average molecular weight is 289 g/mol. The molecule has 116 valence electrons. The van der Waals surface area contributed by atoms with Crippen LogP contribution in [0.2, 0.25) is 0 Å². The summed E-state index contributed by atoms with van der Waals surface area (Å²) in [6, 6.07) is 4.10. The highest BCUT2D eigenvalue weighted by molar-refractivity contribution is 5.77. The number of nitrogens with zero attached hydrogens (tertiary/aromatic N) is 2. The number of rotatable bonds is 4. The molecule has 0 spiro atoms. The summed E-state index contributed by atoms with van der Waals surface area (Å²) in [7, 11) is 0. The Morgan fingerprint density at radius 3 is 2.90 bits per heavy atom. The largest absolute Gasteiger partial charge is 0.336 e. The van der Waals surface area contributed by atoms with Gasteiger partial charge in [0.2, 0.25) is 5.91 Å². The van der Waals surface area contributed by atoms with Crippen LogP contribution in [-0.2, 0) is 4.79 Å². The molecular weight excluding hydrogens is 262 g/mol. The van der Waals surface area contributed by atoms with Crippen LogP contribution < -0.4 is 5.73 Å². The maximum Gasteiger partial charge on any atom is 0.224 e. The van der Waals surface area contributed by atoms with E-state index in [9.17, 15) is 4.79 Å². The summed E-state index contributed by atoms with van der Waals surface area (Å²) in [6.45, 7) is 7.31. The van der Waals surface area contributed by atoms with E-state index in [1.54, 1.807) is 6.20 Å². The number of likely N-dealkylation sites (tertiary alicyclic amines) is 1. The Bertz CT molecular complexity index is 467. The van der Waals surface area contributed by atoms with E-state index >= 15 is 0 Å². The third-order valence-corrected chi connectivity index (χ3v) is 3.95. The second-order valence-corrected chi connectivity index (χ2v) is 7.26. The topological polar surface area (TPSA) is 59.2 Å². The van der Waals surface area contributed by atoms with Crippen molar-refractivity contribution >= 4 is 5.91 Å². The Balaban J connectivity index is 1.98. The van der Waals surface area contributed by atoms with E-state index in [0.717, 1.165) is 31.4 Å². The van der Waals surface area contributed by atoms with Gasteiger partial charge < -0.3 is 10.6 Å². The van der Waals surface area contributed by atoms with Crippen LogP contribution in [-0.4, -0.2) is 28.4 Å². The zero-order valence-electron chi connectivity index (χ0n) is 13.4. The Morgan fingerprint density at radius 2 is 2.29 bits per heavy atom. The van der Waals surface area contributed by atoms with Crippen molar-refractivity contribution < 1.29 is 4.79 Å². The van der Waals surface area contributed by atoms with Crippen molar-refractivity contribution in [1.82, 2.24) is 9.88 Å². The lowest BCUT2D eigenvalue weighted by molar-refractivity contribution is -0.132. The van der Waals surface area contributed by atoms with Crippen LogP contribution in [0.5, 0.6) is 0 Å². The number of carbonyl (C=O) groups is 1. The molecule has 0 aliphatic carbocycles. The van der Waals surface area contributed by atoms with Crippen molar-refractivity contribution in [2.24, 2.45) is 11.1 Å². The van der Waals surface area contributed by atoms with Gasteiger partial charge in [0.1, 0.15) is 0 Å². The molecule has 0 bridgehead atoms. The first-order valence-electron chi connectivity index (χ1n) is 7.82.